The Morgan fingerprint density at radius 3 is 2.69 bits per heavy atom. The minimum Gasteiger partial charge on any atom is -0.390 e. The summed E-state index contributed by atoms with van der Waals surface area (Å²) in [7, 11) is 1.88. The molecule has 2 rings (SSSR count). The lowest BCUT2D eigenvalue weighted by molar-refractivity contribution is 0.0813. The van der Waals surface area contributed by atoms with Crippen molar-refractivity contribution >= 4 is 10.9 Å². The van der Waals surface area contributed by atoms with Gasteiger partial charge in [0.25, 0.3) is 0 Å². The molecule has 0 fully saturated rings. The van der Waals surface area contributed by atoms with E-state index in [1.54, 1.807) is 19.9 Å². The summed E-state index contributed by atoms with van der Waals surface area (Å²) in [6.45, 7) is 3.46. The van der Waals surface area contributed by atoms with Crippen molar-refractivity contribution < 1.29 is 9.50 Å². The molecular formula is C13H16FNO. The number of aromatic nitrogens is 1. The Balaban J connectivity index is 2.62. The van der Waals surface area contributed by atoms with Gasteiger partial charge in [0.05, 0.1) is 11.1 Å². The van der Waals surface area contributed by atoms with E-state index in [9.17, 15) is 9.50 Å². The summed E-state index contributed by atoms with van der Waals surface area (Å²) in [6.07, 6.45) is 2.33. The number of aliphatic hydroxyl groups is 1. The predicted octanol–water partition coefficient (Wildman–Crippen LogP) is 2.63. The molecule has 0 aliphatic rings. The molecule has 0 amide bonds. The number of nitrogens with zero attached hydrogens (tertiary/aromatic N) is 1. The van der Waals surface area contributed by atoms with Gasteiger partial charge in [-0.15, -0.1) is 0 Å². The van der Waals surface area contributed by atoms with E-state index in [1.807, 2.05) is 23.9 Å². The fourth-order valence-corrected chi connectivity index (χ4v) is 2.09. The van der Waals surface area contributed by atoms with Crippen LogP contribution in [0.1, 0.15) is 19.4 Å². The topological polar surface area (TPSA) is 25.2 Å². The molecule has 0 aliphatic carbocycles. The van der Waals surface area contributed by atoms with E-state index in [2.05, 4.69) is 0 Å². The van der Waals surface area contributed by atoms with Gasteiger partial charge in [-0.2, -0.15) is 0 Å². The Kier molecular flexibility index (Phi) is 2.50. The van der Waals surface area contributed by atoms with Crippen molar-refractivity contribution in [2.45, 2.75) is 25.9 Å². The zero-order valence-electron chi connectivity index (χ0n) is 9.79. The Hall–Kier alpha value is -1.35. The van der Waals surface area contributed by atoms with Crippen LogP contribution < -0.4 is 0 Å². The van der Waals surface area contributed by atoms with E-state index < -0.39 is 5.60 Å². The highest BCUT2D eigenvalue weighted by Gasteiger charge is 2.18. The van der Waals surface area contributed by atoms with Gasteiger partial charge in [-0.1, -0.05) is 6.07 Å². The Morgan fingerprint density at radius 1 is 1.38 bits per heavy atom. The lowest BCUT2D eigenvalue weighted by Crippen LogP contribution is -2.21. The Bertz CT molecular complexity index is 522. The Morgan fingerprint density at radius 2 is 2.06 bits per heavy atom. The standard InChI is InChI=1S/C13H16FNO/c1-13(2,16)7-9-8-15(3)11-6-4-5-10(14)12(9)11/h4-6,8,16H,7H2,1-3H3. The first-order valence-electron chi connectivity index (χ1n) is 5.33. The van der Waals surface area contributed by atoms with Gasteiger partial charge in [0.15, 0.2) is 0 Å². The molecule has 1 heterocycles. The number of aryl methyl sites for hydroxylation is 1. The maximum Gasteiger partial charge on any atom is 0.132 e. The monoisotopic (exact) mass is 221 g/mol. The third-order valence-electron chi connectivity index (χ3n) is 2.67. The number of hydrogen-bond donors (Lipinski definition) is 1. The quantitative estimate of drug-likeness (QED) is 0.828. The van der Waals surface area contributed by atoms with Crippen molar-refractivity contribution in [3.8, 4) is 0 Å². The molecule has 1 aromatic carbocycles. The van der Waals surface area contributed by atoms with Crippen molar-refractivity contribution in [2.24, 2.45) is 7.05 Å². The number of hydrogen-bond acceptors (Lipinski definition) is 1. The van der Waals surface area contributed by atoms with E-state index in [4.69, 9.17) is 0 Å². The molecule has 2 nitrogen and oxygen atoms in total. The second-order valence-electron chi connectivity index (χ2n) is 4.89. The molecule has 0 radical (unpaired) electrons. The van der Waals surface area contributed by atoms with Crippen molar-refractivity contribution in [1.29, 1.82) is 0 Å². The van der Waals surface area contributed by atoms with Gasteiger partial charge in [-0.25, -0.2) is 4.39 Å². The van der Waals surface area contributed by atoms with Crippen LogP contribution in [0.3, 0.4) is 0 Å². The van der Waals surface area contributed by atoms with Crippen molar-refractivity contribution in [3.63, 3.8) is 0 Å². The molecule has 0 unspecified atom stereocenters. The average Bonchev–Trinajstić information content (AvgIpc) is 2.42. The number of halogens is 1. The summed E-state index contributed by atoms with van der Waals surface area (Å²) >= 11 is 0. The predicted molar refractivity (Wildman–Crippen MR) is 62.9 cm³/mol. The zero-order valence-corrected chi connectivity index (χ0v) is 9.79. The SMILES string of the molecule is Cn1cc(CC(C)(C)O)c2c(F)cccc21. The average molecular weight is 221 g/mol. The second-order valence-corrected chi connectivity index (χ2v) is 4.89. The minimum absolute atomic E-state index is 0.225. The van der Waals surface area contributed by atoms with E-state index in [0.717, 1.165) is 11.1 Å². The maximum atomic E-state index is 13.7. The third-order valence-corrected chi connectivity index (χ3v) is 2.67. The smallest absolute Gasteiger partial charge is 0.132 e. The lowest BCUT2D eigenvalue weighted by atomic mass is 9.98. The van der Waals surface area contributed by atoms with E-state index in [1.165, 1.54) is 6.07 Å². The lowest BCUT2D eigenvalue weighted by Gasteiger charge is -2.16. The van der Waals surface area contributed by atoms with Gasteiger partial charge in [0.2, 0.25) is 0 Å². The van der Waals surface area contributed by atoms with Crippen molar-refractivity contribution in [1.82, 2.24) is 4.57 Å². The zero-order chi connectivity index (χ0) is 11.9. The first-order valence-corrected chi connectivity index (χ1v) is 5.33. The highest BCUT2D eigenvalue weighted by molar-refractivity contribution is 5.84. The fraction of sp³-hybridized carbons (Fsp3) is 0.385. The molecule has 0 saturated carbocycles. The molecule has 2 aromatic rings. The van der Waals surface area contributed by atoms with Crippen LogP contribution in [0.5, 0.6) is 0 Å². The molecular weight excluding hydrogens is 205 g/mol. The molecule has 0 atom stereocenters. The molecule has 0 bridgehead atoms. The molecule has 0 aliphatic heterocycles. The molecule has 0 spiro atoms. The van der Waals surface area contributed by atoms with Crippen LogP contribution >= 0.6 is 0 Å². The van der Waals surface area contributed by atoms with Crippen LogP contribution in [0.4, 0.5) is 4.39 Å². The summed E-state index contributed by atoms with van der Waals surface area (Å²) in [5.74, 6) is -0.225. The highest BCUT2D eigenvalue weighted by Crippen LogP contribution is 2.26. The summed E-state index contributed by atoms with van der Waals surface area (Å²) in [4.78, 5) is 0. The number of rotatable bonds is 2. The largest absolute Gasteiger partial charge is 0.390 e. The van der Waals surface area contributed by atoms with Crippen molar-refractivity contribution in [3.05, 3.63) is 35.8 Å². The first-order chi connectivity index (χ1) is 7.38. The summed E-state index contributed by atoms with van der Waals surface area (Å²) in [5.41, 5.74) is 0.888. The molecule has 3 heteroatoms. The molecule has 1 aromatic heterocycles. The van der Waals surface area contributed by atoms with Crippen LogP contribution in [0.2, 0.25) is 0 Å². The normalized spacial score (nSPS) is 12.3. The summed E-state index contributed by atoms with van der Waals surface area (Å²) < 4.78 is 15.6. The van der Waals surface area contributed by atoms with Crippen LogP contribution in [0.25, 0.3) is 10.9 Å². The third kappa shape index (κ3) is 1.95. The van der Waals surface area contributed by atoms with E-state index >= 15 is 0 Å². The second kappa shape index (κ2) is 3.59. The summed E-state index contributed by atoms with van der Waals surface area (Å²) in [6, 6.07) is 5.04. The highest BCUT2D eigenvalue weighted by atomic mass is 19.1. The van der Waals surface area contributed by atoms with E-state index in [-0.39, 0.29) is 5.82 Å². The van der Waals surface area contributed by atoms with Crippen LogP contribution in [0, 0.1) is 5.82 Å². The van der Waals surface area contributed by atoms with Crippen LogP contribution in [-0.4, -0.2) is 15.3 Å². The van der Waals surface area contributed by atoms with E-state index in [0.29, 0.717) is 11.8 Å². The Labute approximate surface area is 94.3 Å². The molecule has 16 heavy (non-hydrogen) atoms. The van der Waals surface area contributed by atoms with Gasteiger partial charge < -0.3 is 9.67 Å². The first kappa shape index (κ1) is 11.1. The number of benzene rings is 1. The maximum absolute atomic E-state index is 13.7. The van der Waals surface area contributed by atoms with Gasteiger partial charge in [-0.05, 0) is 31.5 Å². The van der Waals surface area contributed by atoms with Crippen LogP contribution in [-0.2, 0) is 13.5 Å². The van der Waals surface area contributed by atoms with Gasteiger partial charge in [0, 0.05) is 25.1 Å². The molecule has 86 valence electrons. The summed E-state index contributed by atoms with van der Waals surface area (Å²) in [5, 5.41) is 10.4. The van der Waals surface area contributed by atoms with Gasteiger partial charge >= 0.3 is 0 Å². The fourth-order valence-electron chi connectivity index (χ4n) is 2.09. The number of fused-ring (bicyclic) bond motifs is 1. The van der Waals surface area contributed by atoms with Crippen LogP contribution in [0.15, 0.2) is 24.4 Å². The van der Waals surface area contributed by atoms with Gasteiger partial charge in [0.1, 0.15) is 5.82 Å². The minimum atomic E-state index is -0.823. The van der Waals surface area contributed by atoms with Crippen molar-refractivity contribution in [2.75, 3.05) is 0 Å². The molecule has 0 saturated heterocycles. The van der Waals surface area contributed by atoms with Gasteiger partial charge in [-0.3, -0.25) is 0 Å². The molecule has 1 N–H and O–H groups in total.